The summed E-state index contributed by atoms with van der Waals surface area (Å²) >= 11 is 6.18. The van der Waals surface area contributed by atoms with Crippen molar-refractivity contribution in [3.8, 4) is 16.9 Å². The number of halogens is 1. The molecule has 0 saturated heterocycles. The lowest BCUT2D eigenvalue weighted by atomic mass is 10.0. The number of aryl methyl sites for hydroxylation is 1. The Morgan fingerprint density at radius 1 is 0.806 bits per heavy atom. The van der Waals surface area contributed by atoms with E-state index in [1.54, 1.807) is 0 Å². The highest BCUT2D eigenvalue weighted by atomic mass is 35.5. The summed E-state index contributed by atoms with van der Waals surface area (Å²) < 4.78 is 5.43. The molecular weight excluding hydrogens is 404 g/mol. The first kappa shape index (κ1) is 25.5. The summed E-state index contributed by atoms with van der Waals surface area (Å²) in [5, 5.41) is -0.613. The number of unbranched alkanes of at least 4 members (excludes halogenated alkanes) is 7. The van der Waals surface area contributed by atoms with Crippen LogP contribution in [0.3, 0.4) is 0 Å². The van der Waals surface area contributed by atoms with E-state index in [-0.39, 0.29) is 11.9 Å². The lowest BCUT2D eigenvalue weighted by Crippen LogP contribution is -2.26. The van der Waals surface area contributed by atoms with Crippen LogP contribution in [0.25, 0.3) is 11.1 Å². The predicted molar refractivity (Wildman–Crippen MR) is 133 cm³/mol. The lowest BCUT2D eigenvalue weighted by Gasteiger charge is -2.15. The molecule has 0 aromatic heterocycles. The van der Waals surface area contributed by atoms with Gasteiger partial charge in [0.1, 0.15) is 11.1 Å². The summed E-state index contributed by atoms with van der Waals surface area (Å²) in [6.45, 7) is 6.24. The number of carbonyl (C=O) groups is 1. The smallest absolute Gasteiger partial charge is 0.329 e. The monoisotopic (exact) mass is 442 g/mol. The number of carbonyl (C=O) groups excluding carboxylic acids is 1. The normalized spacial score (nSPS) is 13.0. The maximum absolute atomic E-state index is 12.1. The minimum atomic E-state index is -0.613. The number of esters is 1. The minimum absolute atomic E-state index is 0.0951. The zero-order valence-electron chi connectivity index (χ0n) is 19.5. The van der Waals surface area contributed by atoms with E-state index in [1.807, 2.05) is 38.1 Å². The van der Waals surface area contributed by atoms with Crippen LogP contribution >= 0.6 is 11.6 Å². The zero-order valence-corrected chi connectivity index (χ0v) is 20.3. The second-order valence-electron chi connectivity index (χ2n) is 8.65. The molecule has 0 amide bonds. The summed E-state index contributed by atoms with van der Waals surface area (Å²) in [4.78, 5) is 12.1. The second kappa shape index (κ2) is 14.3. The van der Waals surface area contributed by atoms with Gasteiger partial charge in [-0.2, -0.15) is 0 Å². The van der Waals surface area contributed by atoms with Crippen LogP contribution in [0.1, 0.15) is 84.1 Å². The first-order valence-electron chi connectivity index (χ1n) is 12.1. The molecule has 2 rings (SSSR count). The van der Waals surface area contributed by atoms with Crippen LogP contribution < -0.4 is 4.74 Å². The van der Waals surface area contributed by atoms with Gasteiger partial charge < -0.3 is 4.74 Å². The molecule has 2 nitrogen and oxygen atoms in total. The third-order valence-electron chi connectivity index (χ3n) is 6.05. The maximum Gasteiger partial charge on any atom is 0.329 e. The Morgan fingerprint density at radius 3 is 1.87 bits per heavy atom. The van der Waals surface area contributed by atoms with E-state index in [2.05, 4.69) is 31.2 Å². The van der Waals surface area contributed by atoms with Gasteiger partial charge in [0.15, 0.2) is 0 Å². The summed E-state index contributed by atoms with van der Waals surface area (Å²) in [5.41, 5.74) is 3.69. The van der Waals surface area contributed by atoms with Crippen molar-refractivity contribution in [2.24, 2.45) is 5.92 Å². The van der Waals surface area contributed by atoms with Gasteiger partial charge in [-0.15, -0.1) is 11.6 Å². The molecule has 0 saturated carbocycles. The molecule has 2 atom stereocenters. The average molecular weight is 443 g/mol. The van der Waals surface area contributed by atoms with E-state index >= 15 is 0 Å². The van der Waals surface area contributed by atoms with Gasteiger partial charge in [0, 0.05) is 0 Å². The Hall–Kier alpha value is -1.80. The minimum Gasteiger partial charge on any atom is -0.425 e. The first-order valence-corrected chi connectivity index (χ1v) is 12.5. The fraction of sp³-hybridized carbons (Fsp3) is 0.536. The SMILES string of the molecule is CCCCCCCCCCc1ccc(-c2ccc(OC(=O)C(Cl)C(C)CC)cc2)cc1. The molecule has 2 unspecified atom stereocenters. The van der Waals surface area contributed by atoms with E-state index in [0.29, 0.717) is 5.75 Å². The summed E-state index contributed by atoms with van der Waals surface area (Å²) in [7, 11) is 0. The van der Waals surface area contributed by atoms with Crippen LogP contribution in [0, 0.1) is 5.92 Å². The van der Waals surface area contributed by atoms with Crippen molar-refractivity contribution >= 4 is 17.6 Å². The van der Waals surface area contributed by atoms with Crippen LogP contribution in [0.4, 0.5) is 0 Å². The number of hydrogen-bond donors (Lipinski definition) is 0. The van der Waals surface area contributed by atoms with Crippen LogP contribution in [0.5, 0.6) is 5.75 Å². The van der Waals surface area contributed by atoms with Crippen molar-refractivity contribution in [2.75, 3.05) is 0 Å². The van der Waals surface area contributed by atoms with Gasteiger partial charge in [0.2, 0.25) is 0 Å². The van der Waals surface area contributed by atoms with Crippen molar-refractivity contribution in [1.82, 2.24) is 0 Å². The van der Waals surface area contributed by atoms with E-state index in [0.717, 1.165) is 18.4 Å². The maximum atomic E-state index is 12.1. The highest BCUT2D eigenvalue weighted by Gasteiger charge is 2.23. The highest BCUT2D eigenvalue weighted by Crippen LogP contribution is 2.25. The Labute approximate surface area is 194 Å². The summed E-state index contributed by atoms with van der Waals surface area (Å²) in [6.07, 6.45) is 12.8. The van der Waals surface area contributed by atoms with E-state index in [1.165, 1.54) is 62.5 Å². The van der Waals surface area contributed by atoms with Crippen LogP contribution in [-0.2, 0) is 11.2 Å². The molecular formula is C28H39ClO2. The molecule has 31 heavy (non-hydrogen) atoms. The van der Waals surface area contributed by atoms with Gasteiger partial charge in [-0.3, -0.25) is 4.79 Å². The lowest BCUT2D eigenvalue weighted by molar-refractivity contribution is -0.134. The molecule has 2 aromatic carbocycles. The van der Waals surface area contributed by atoms with Gasteiger partial charge >= 0.3 is 5.97 Å². The molecule has 0 radical (unpaired) electrons. The van der Waals surface area contributed by atoms with E-state index < -0.39 is 5.38 Å². The molecule has 0 fully saturated rings. The summed E-state index contributed by atoms with van der Waals surface area (Å²) in [5.74, 6) is 0.251. The third-order valence-corrected chi connectivity index (χ3v) is 6.66. The second-order valence-corrected chi connectivity index (χ2v) is 9.12. The van der Waals surface area contributed by atoms with Crippen LogP contribution in [0.15, 0.2) is 48.5 Å². The fourth-order valence-corrected chi connectivity index (χ4v) is 3.88. The van der Waals surface area contributed by atoms with Gasteiger partial charge in [0.05, 0.1) is 0 Å². The molecule has 0 spiro atoms. The topological polar surface area (TPSA) is 26.3 Å². The van der Waals surface area contributed by atoms with E-state index in [9.17, 15) is 4.79 Å². The predicted octanol–water partition coefficient (Wildman–Crippen LogP) is 8.60. The van der Waals surface area contributed by atoms with Crippen molar-refractivity contribution in [2.45, 2.75) is 90.4 Å². The van der Waals surface area contributed by atoms with Gasteiger partial charge in [-0.1, -0.05) is 109 Å². The van der Waals surface area contributed by atoms with Crippen molar-refractivity contribution < 1.29 is 9.53 Å². The van der Waals surface area contributed by atoms with Gasteiger partial charge in [0.25, 0.3) is 0 Å². The number of rotatable bonds is 14. The number of hydrogen-bond acceptors (Lipinski definition) is 2. The molecule has 0 aliphatic rings. The largest absolute Gasteiger partial charge is 0.425 e. The average Bonchev–Trinajstić information content (AvgIpc) is 2.80. The Morgan fingerprint density at radius 2 is 1.32 bits per heavy atom. The Balaban J connectivity index is 1.77. The fourth-order valence-electron chi connectivity index (χ4n) is 3.65. The Kier molecular flexibility index (Phi) is 11.7. The van der Waals surface area contributed by atoms with Gasteiger partial charge in [-0.05, 0) is 47.6 Å². The van der Waals surface area contributed by atoms with Crippen molar-refractivity contribution in [3.63, 3.8) is 0 Å². The molecule has 0 N–H and O–H groups in total. The number of ether oxygens (including phenoxy) is 1. The highest BCUT2D eigenvalue weighted by molar-refractivity contribution is 6.30. The standard InChI is InChI=1S/C28H39ClO2/c1-4-6-7-8-9-10-11-12-13-23-14-16-24(17-15-23)25-18-20-26(21-19-25)31-28(30)27(29)22(3)5-2/h14-22,27H,4-13H2,1-3H3. The molecule has 0 heterocycles. The first-order chi connectivity index (χ1) is 15.0. The molecule has 0 aliphatic carbocycles. The Bertz CT molecular complexity index is 752. The molecule has 2 aromatic rings. The van der Waals surface area contributed by atoms with Crippen molar-refractivity contribution in [3.05, 3.63) is 54.1 Å². The zero-order chi connectivity index (χ0) is 22.5. The van der Waals surface area contributed by atoms with Crippen LogP contribution in [-0.4, -0.2) is 11.3 Å². The third kappa shape index (κ3) is 9.07. The molecule has 170 valence electrons. The van der Waals surface area contributed by atoms with Crippen molar-refractivity contribution in [1.29, 1.82) is 0 Å². The van der Waals surface area contributed by atoms with Gasteiger partial charge in [-0.25, -0.2) is 0 Å². The number of benzene rings is 2. The van der Waals surface area contributed by atoms with Crippen LogP contribution in [0.2, 0.25) is 0 Å². The molecule has 0 bridgehead atoms. The quantitative estimate of drug-likeness (QED) is 0.127. The number of alkyl halides is 1. The molecule has 3 heteroatoms. The van der Waals surface area contributed by atoms with E-state index in [4.69, 9.17) is 16.3 Å². The molecule has 0 aliphatic heterocycles. The summed E-state index contributed by atoms with van der Waals surface area (Å²) in [6, 6.07) is 16.5.